The van der Waals surface area contributed by atoms with Gasteiger partial charge in [-0.2, -0.15) is 5.10 Å². The first kappa shape index (κ1) is 10.3. The van der Waals surface area contributed by atoms with Crippen molar-refractivity contribution in [3.63, 3.8) is 0 Å². The van der Waals surface area contributed by atoms with E-state index in [1.54, 1.807) is 6.20 Å². The monoisotopic (exact) mass is 231 g/mol. The summed E-state index contributed by atoms with van der Waals surface area (Å²) in [4.78, 5) is 13.6. The number of benzene rings is 1. The lowest BCUT2D eigenvalue weighted by atomic mass is 10.2. The lowest BCUT2D eigenvalue weighted by Gasteiger charge is -2.35. The number of likely N-dealkylation sites (N-methyl/N-ethyl adjacent to an activating group) is 1. The van der Waals surface area contributed by atoms with Crippen molar-refractivity contribution in [2.45, 2.75) is 6.04 Å². The van der Waals surface area contributed by atoms with Crippen molar-refractivity contribution in [1.82, 2.24) is 9.89 Å². The minimum atomic E-state index is -0.0856. The molecular formula is C12H13N3O2. The van der Waals surface area contributed by atoms with Crippen LogP contribution in [0.15, 0.2) is 35.3 Å². The van der Waals surface area contributed by atoms with E-state index in [0.717, 1.165) is 5.39 Å². The van der Waals surface area contributed by atoms with Crippen molar-refractivity contribution >= 4 is 10.8 Å². The third-order valence-electron chi connectivity index (χ3n) is 3.13. The first-order chi connectivity index (χ1) is 8.27. The zero-order valence-electron chi connectivity index (χ0n) is 9.54. The van der Waals surface area contributed by atoms with Crippen LogP contribution in [0, 0.1) is 0 Å². The molecule has 1 aromatic heterocycles. The zero-order valence-corrected chi connectivity index (χ0v) is 9.54. The molecule has 0 aliphatic carbocycles. The van der Waals surface area contributed by atoms with Crippen LogP contribution in [0.1, 0.15) is 0 Å². The predicted octanol–water partition coefficient (Wildman–Crippen LogP) is 0.363. The van der Waals surface area contributed by atoms with Crippen molar-refractivity contribution in [3.8, 4) is 0 Å². The van der Waals surface area contributed by atoms with Gasteiger partial charge in [0, 0.05) is 12.4 Å². The Morgan fingerprint density at radius 2 is 2.18 bits per heavy atom. The van der Waals surface area contributed by atoms with Crippen LogP contribution in [0.25, 0.3) is 10.8 Å². The summed E-state index contributed by atoms with van der Waals surface area (Å²) in [6, 6.07) is 7.71. The topological polar surface area (TPSA) is 47.4 Å². The van der Waals surface area contributed by atoms with Crippen LogP contribution >= 0.6 is 0 Å². The lowest BCUT2D eigenvalue weighted by molar-refractivity contribution is -0.000385. The molecule has 0 spiro atoms. The molecule has 5 heteroatoms. The average molecular weight is 231 g/mol. The van der Waals surface area contributed by atoms with Gasteiger partial charge < -0.3 is 4.74 Å². The van der Waals surface area contributed by atoms with Crippen LogP contribution in [-0.4, -0.2) is 36.2 Å². The maximum atomic E-state index is 12.2. The Morgan fingerprint density at radius 1 is 1.41 bits per heavy atom. The molecule has 1 fully saturated rings. The van der Waals surface area contributed by atoms with Crippen molar-refractivity contribution in [2.75, 3.05) is 25.3 Å². The van der Waals surface area contributed by atoms with E-state index in [1.807, 2.05) is 36.3 Å². The van der Waals surface area contributed by atoms with Gasteiger partial charge in [-0.25, -0.2) is 0 Å². The van der Waals surface area contributed by atoms with Crippen molar-refractivity contribution in [3.05, 3.63) is 40.8 Å². The Balaban J connectivity index is 2.11. The molecule has 0 N–H and O–H groups in total. The highest BCUT2D eigenvalue weighted by atomic mass is 16.5. The second-order valence-electron chi connectivity index (χ2n) is 4.19. The highest BCUT2D eigenvalue weighted by molar-refractivity contribution is 5.80. The molecule has 1 saturated heterocycles. The molecule has 1 aliphatic heterocycles. The molecule has 1 aliphatic rings. The fraction of sp³-hybridized carbons (Fsp3) is 0.333. The summed E-state index contributed by atoms with van der Waals surface area (Å²) in [6.45, 7) is 1.30. The minimum absolute atomic E-state index is 0.0856. The van der Waals surface area contributed by atoms with Crippen LogP contribution in [0.5, 0.6) is 0 Å². The summed E-state index contributed by atoms with van der Waals surface area (Å²) >= 11 is 0. The third-order valence-corrected chi connectivity index (χ3v) is 3.13. The Labute approximate surface area is 98.2 Å². The maximum absolute atomic E-state index is 12.2. The number of fused-ring (bicyclic) bond motifs is 1. The normalized spacial score (nSPS) is 15.8. The van der Waals surface area contributed by atoms with E-state index in [-0.39, 0.29) is 11.6 Å². The van der Waals surface area contributed by atoms with Gasteiger partial charge in [0.05, 0.1) is 30.8 Å². The van der Waals surface area contributed by atoms with Gasteiger partial charge in [-0.05, 0) is 6.07 Å². The second-order valence-corrected chi connectivity index (χ2v) is 4.19. The molecule has 1 aromatic carbocycles. The van der Waals surface area contributed by atoms with Gasteiger partial charge in [0.2, 0.25) is 0 Å². The summed E-state index contributed by atoms with van der Waals surface area (Å²) in [7, 11) is 1.86. The summed E-state index contributed by atoms with van der Waals surface area (Å²) in [5.74, 6) is 0. The lowest BCUT2D eigenvalue weighted by Crippen LogP contribution is -2.56. The quantitative estimate of drug-likeness (QED) is 0.749. The van der Waals surface area contributed by atoms with E-state index in [1.165, 1.54) is 4.79 Å². The fourth-order valence-electron chi connectivity index (χ4n) is 1.90. The van der Waals surface area contributed by atoms with Gasteiger partial charge in [-0.3, -0.25) is 9.80 Å². The summed E-state index contributed by atoms with van der Waals surface area (Å²) in [5.41, 5.74) is -0.0856. The van der Waals surface area contributed by atoms with E-state index < -0.39 is 0 Å². The number of ether oxygens (including phenoxy) is 1. The van der Waals surface area contributed by atoms with Gasteiger partial charge in [0.25, 0.3) is 5.56 Å². The maximum Gasteiger partial charge on any atom is 0.293 e. The van der Waals surface area contributed by atoms with Crippen molar-refractivity contribution in [1.29, 1.82) is 0 Å². The third kappa shape index (κ3) is 1.59. The number of nitrogens with zero attached hydrogens (tertiary/aromatic N) is 3. The van der Waals surface area contributed by atoms with E-state index in [0.29, 0.717) is 18.6 Å². The standard InChI is InChI=1S/C12H13N3O2/c1-14(10-7-17-8-10)15-12(16)11-5-3-2-4-9(11)6-13-15/h2-6,10H,7-8H2,1H3. The molecule has 0 unspecified atom stereocenters. The molecule has 5 nitrogen and oxygen atoms in total. The molecule has 17 heavy (non-hydrogen) atoms. The average Bonchev–Trinajstić information content (AvgIpc) is 2.27. The fourth-order valence-corrected chi connectivity index (χ4v) is 1.90. The Kier molecular flexibility index (Phi) is 2.33. The molecule has 88 valence electrons. The van der Waals surface area contributed by atoms with Crippen molar-refractivity contribution < 1.29 is 4.74 Å². The van der Waals surface area contributed by atoms with Crippen LogP contribution in [0.3, 0.4) is 0 Å². The highest BCUT2D eigenvalue weighted by Gasteiger charge is 2.25. The Hall–Kier alpha value is -1.88. The molecule has 0 saturated carbocycles. The smallest absolute Gasteiger partial charge is 0.293 e. The molecule has 2 aromatic rings. The van der Waals surface area contributed by atoms with E-state index >= 15 is 0 Å². The highest BCUT2D eigenvalue weighted by Crippen LogP contribution is 2.09. The molecule has 3 rings (SSSR count). The van der Waals surface area contributed by atoms with E-state index in [4.69, 9.17) is 4.74 Å². The van der Waals surface area contributed by atoms with E-state index in [9.17, 15) is 4.79 Å². The number of hydrogen-bond acceptors (Lipinski definition) is 4. The summed E-state index contributed by atoms with van der Waals surface area (Å²) < 4.78 is 5.12. The molecule has 0 atom stereocenters. The van der Waals surface area contributed by atoms with E-state index in [2.05, 4.69) is 5.10 Å². The van der Waals surface area contributed by atoms with Crippen LogP contribution in [-0.2, 0) is 4.74 Å². The first-order valence-electron chi connectivity index (χ1n) is 5.55. The number of hydrogen-bond donors (Lipinski definition) is 0. The van der Waals surface area contributed by atoms with Gasteiger partial charge in [0.15, 0.2) is 0 Å². The van der Waals surface area contributed by atoms with Gasteiger partial charge in [-0.15, -0.1) is 4.79 Å². The Morgan fingerprint density at radius 3 is 2.88 bits per heavy atom. The van der Waals surface area contributed by atoms with Crippen LogP contribution in [0.4, 0.5) is 0 Å². The Bertz CT molecular complexity index is 604. The van der Waals surface area contributed by atoms with Crippen LogP contribution < -0.4 is 10.6 Å². The van der Waals surface area contributed by atoms with Crippen LogP contribution in [0.2, 0.25) is 0 Å². The summed E-state index contributed by atoms with van der Waals surface area (Å²) in [6.07, 6.45) is 1.72. The number of rotatable bonds is 2. The van der Waals surface area contributed by atoms with Gasteiger partial charge in [-0.1, -0.05) is 18.2 Å². The van der Waals surface area contributed by atoms with Crippen molar-refractivity contribution in [2.24, 2.45) is 0 Å². The predicted molar refractivity (Wildman–Crippen MR) is 64.8 cm³/mol. The molecule has 0 radical (unpaired) electrons. The largest absolute Gasteiger partial charge is 0.377 e. The number of aromatic nitrogens is 2. The van der Waals surface area contributed by atoms with Gasteiger partial charge >= 0.3 is 0 Å². The first-order valence-corrected chi connectivity index (χ1v) is 5.55. The molecule has 0 amide bonds. The second kappa shape index (κ2) is 3.85. The zero-order chi connectivity index (χ0) is 11.8. The molecular weight excluding hydrogens is 218 g/mol. The minimum Gasteiger partial charge on any atom is -0.377 e. The molecule has 2 heterocycles. The SMILES string of the molecule is CN(C1COC1)n1ncc2ccccc2c1=O. The van der Waals surface area contributed by atoms with Gasteiger partial charge in [0.1, 0.15) is 0 Å². The summed E-state index contributed by atoms with van der Waals surface area (Å²) in [5, 5.41) is 7.57. The molecule has 0 bridgehead atoms.